The molecule has 17 heavy (non-hydrogen) atoms. The molecule has 0 radical (unpaired) electrons. The van der Waals surface area contributed by atoms with Crippen molar-refractivity contribution in [2.75, 3.05) is 5.75 Å². The lowest BCUT2D eigenvalue weighted by Crippen LogP contribution is -2.19. The van der Waals surface area contributed by atoms with Crippen molar-refractivity contribution in [1.29, 1.82) is 0 Å². The maximum Gasteiger partial charge on any atom is 0.297 e. The lowest BCUT2D eigenvalue weighted by Gasteiger charge is -2.24. The third-order valence-corrected chi connectivity index (χ3v) is 4.97. The van der Waals surface area contributed by atoms with E-state index in [0.717, 1.165) is 0 Å². The predicted octanol–water partition coefficient (Wildman–Crippen LogP) is 2.04. The summed E-state index contributed by atoms with van der Waals surface area (Å²) in [6, 6.07) is 7.73. The smallest absolute Gasteiger partial charge is 0.295 e. The normalized spacial score (nSPS) is 24.7. The van der Waals surface area contributed by atoms with Crippen molar-refractivity contribution in [3.05, 3.63) is 41.8 Å². The predicted molar refractivity (Wildman–Crippen MR) is 65.4 cm³/mol. The molecule has 1 heterocycles. The Morgan fingerprint density at radius 2 is 1.88 bits per heavy atom. The fraction of sp³-hybridized carbons (Fsp3) is 0.200. The maximum absolute atomic E-state index is 11.8. The summed E-state index contributed by atoms with van der Waals surface area (Å²) in [7, 11) is -6.67. The Morgan fingerprint density at radius 1 is 1.24 bits per heavy atom. The van der Waals surface area contributed by atoms with Crippen LogP contribution in [0.3, 0.4) is 0 Å². The van der Waals surface area contributed by atoms with Gasteiger partial charge in [-0.25, -0.2) is 0 Å². The van der Waals surface area contributed by atoms with Crippen LogP contribution < -0.4 is 0 Å². The molecule has 0 bridgehead atoms. The summed E-state index contributed by atoms with van der Waals surface area (Å²) in [4.78, 5) is 0.0526. The summed E-state index contributed by atoms with van der Waals surface area (Å²) in [6.07, 6.45) is 0.542. The molecule has 2 N–H and O–H groups in total. The first-order valence-electron chi connectivity index (χ1n) is 4.81. The van der Waals surface area contributed by atoms with Gasteiger partial charge in [0.15, 0.2) is 0 Å². The van der Waals surface area contributed by atoms with Gasteiger partial charge < -0.3 is 0 Å². The molecule has 0 aromatic heterocycles. The summed E-state index contributed by atoms with van der Waals surface area (Å²) < 4.78 is 47.1. The molecule has 0 fully saturated rings. The monoisotopic (exact) mass is 276 g/mol. The summed E-state index contributed by atoms with van der Waals surface area (Å²) in [5.74, 6) is -0.112. The van der Waals surface area contributed by atoms with E-state index in [4.69, 9.17) is 4.18 Å². The van der Waals surface area contributed by atoms with E-state index in [-0.39, 0.29) is 10.6 Å². The first-order chi connectivity index (χ1) is 7.89. The van der Waals surface area contributed by atoms with E-state index in [2.05, 4.69) is 0 Å². The zero-order valence-corrected chi connectivity index (χ0v) is 10.4. The van der Waals surface area contributed by atoms with Crippen LogP contribution in [-0.2, 0) is 14.3 Å². The van der Waals surface area contributed by atoms with Gasteiger partial charge in [-0.2, -0.15) is 19.0 Å². The number of benzene rings is 1. The minimum atomic E-state index is -3.85. The molecule has 7 heteroatoms. The van der Waals surface area contributed by atoms with Crippen LogP contribution in [0.2, 0.25) is 0 Å². The third kappa shape index (κ3) is 3.08. The Bertz CT molecular complexity index is 521. The summed E-state index contributed by atoms with van der Waals surface area (Å²) in [5.41, 5.74) is 0. The first kappa shape index (κ1) is 12.6. The van der Waals surface area contributed by atoms with Gasteiger partial charge in [-0.05, 0) is 18.2 Å². The fourth-order valence-corrected chi connectivity index (χ4v) is 3.78. The van der Waals surface area contributed by atoms with Crippen molar-refractivity contribution in [2.24, 2.45) is 0 Å². The lowest BCUT2D eigenvalue weighted by atomic mass is 10.4. The van der Waals surface area contributed by atoms with E-state index in [1.165, 1.54) is 23.6 Å². The topological polar surface area (TPSA) is 83.8 Å². The highest BCUT2D eigenvalue weighted by molar-refractivity contribution is 8.27. The molecule has 0 spiro atoms. The van der Waals surface area contributed by atoms with Crippen LogP contribution in [0.4, 0.5) is 0 Å². The van der Waals surface area contributed by atoms with Crippen LogP contribution in [0.1, 0.15) is 0 Å². The van der Waals surface area contributed by atoms with E-state index in [0.29, 0.717) is 0 Å². The van der Waals surface area contributed by atoms with Crippen LogP contribution in [0, 0.1) is 0 Å². The Labute approximate surface area is 101 Å². The molecule has 1 aliphatic heterocycles. The van der Waals surface area contributed by atoms with E-state index in [1.807, 2.05) is 0 Å². The van der Waals surface area contributed by atoms with Gasteiger partial charge in [0.25, 0.3) is 10.1 Å². The van der Waals surface area contributed by atoms with Gasteiger partial charge in [-0.15, -0.1) is 0 Å². The van der Waals surface area contributed by atoms with E-state index in [9.17, 15) is 17.5 Å². The second kappa shape index (κ2) is 4.43. The average Bonchev–Trinajstić information content (AvgIpc) is 2.58. The minimum absolute atomic E-state index is 0.0526. The highest BCUT2D eigenvalue weighted by atomic mass is 32.3. The second-order valence-electron chi connectivity index (χ2n) is 3.61. The molecule has 1 atom stereocenters. The Hall–Kier alpha value is -0.860. The second-order valence-corrected chi connectivity index (χ2v) is 7.23. The van der Waals surface area contributed by atoms with Crippen molar-refractivity contribution in [3.63, 3.8) is 0 Å². The van der Waals surface area contributed by atoms with Crippen molar-refractivity contribution in [1.82, 2.24) is 0 Å². The molecule has 1 aliphatic rings. The highest BCUT2D eigenvalue weighted by Crippen LogP contribution is 2.46. The fourth-order valence-electron chi connectivity index (χ4n) is 1.43. The van der Waals surface area contributed by atoms with E-state index >= 15 is 0 Å². The van der Waals surface area contributed by atoms with Gasteiger partial charge in [0.2, 0.25) is 0 Å². The van der Waals surface area contributed by atoms with Gasteiger partial charge in [-0.3, -0.25) is 13.3 Å². The molecule has 0 amide bonds. The largest absolute Gasteiger partial charge is 0.297 e. The summed E-state index contributed by atoms with van der Waals surface area (Å²) >= 11 is 0. The molecular formula is C10H12O5S2. The zero-order valence-electron chi connectivity index (χ0n) is 8.76. The number of hydrogen-bond donors (Lipinski definition) is 2. The van der Waals surface area contributed by atoms with Crippen molar-refractivity contribution >= 4 is 20.7 Å². The molecule has 2 rings (SSSR count). The van der Waals surface area contributed by atoms with Crippen molar-refractivity contribution in [2.45, 2.75) is 11.0 Å². The lowest BCUT2D eigenvalue weighted by molar-refractivity contribution is 0.277. The minimum Gasteiger partial charge on any atom is -0.295 e. The van der Waals surface area contributed by atoms with Crippen LogP contribution in [0.15, 0.2) is 46.7 Å². The Kier molecular flexibility index (Phi) is 3.28. The summed E-state index contributed by atoms with van der Waals surface area (Å²) in [5, 5.41) is 1.19. The average molecular weight is 276 g/mol. The molecule has 94 valence electrons. The SMILES string of the molecule is O=S(=O)(OC1C=CS(O)(O)C1)c1ccccc1. The Morgan fingerprint density at radius 3 is 2.41 bits per heavy atom. The third-order valence-electron chi connectivity index (χ3n) is 2.20. The van der Waals surface area contributed by atoms with E-state index in [1.54, 1.807) is 18.2 Å². The molecule has 1 aromatic rings. The van der Waals surface area contributed by atoms with Crippen molar-refractivity contribution in [3.8, 4) is 0 Å². The van der Waals surface area contributed by atoms with Gasteiger partial charge in [0, 0.05) is 5.41 Å². The number of rotatable bonds is 3. The van der Waals surface area contributed by atoms with Gasteiger partial charge in [0.05, 0.1) is 10.6 Å². The summed E-state index contributed by atoms with van der Waals surface area (Å²) in [6.45, 7) is 0. The maximum atomic E-state index is 11.8. The van der Waals surface area contributed by atoms with Crippen LogP contribution in [0.5, 0.6) is 0 Å². The van der Waals surface area contributed by atoms with Gasteiger partial charge in [0.1, 0.15) is 6.10 Å². The Balaban J connectivity index is 2.13. The van der Waals surface area contributed by atoms with Crippen LogP contribution >= 0.6 is 10.6 Å². The quantitative estimate of drug-likeness (QED) is 0.825. The molecule has 1 unspecified atom stereocenters. The molecular weight excluding hydrogens is 264 g/mol. The zero-order chi connectivity index (χ0) is 12.5. The van der Waals surface area contributed by atoms with Gasteiger partial charge >= 0.3 is 0 Å². The molecule has 1 aromatic carbocycles. The molecule has 0 saturated carbocycles. The van der Waals surface area contributed by atoms with Crippen LogP contribution in [0.25, 0.3) is 0 Å². The molecule has 0 saturated heterocycles. The van der Waals surface area contributed by atoms with Crippen molar-refractivity contribution < 1.29 is 21.7 Å². The standard InChI is InChI=1S/C10H12O5S2/c11-16(12)7-6-9(8-16)15-17(13,14)10-4-2-1-3-5-10/h1-7,9,11-12H,8H2. The van der Waals surface area contributed by atoms with E-state index < -0.39 is 26.8 Å². The molecule has 5 nitrogen and oxygen atoms in total. The highest BCUT2D eigenvalue weighted by Gasteiger charge is 2.28. The van der Waals surface area contributed by atoms with Crippen LogP contribution in [-0.4, -0.2) is 29.4 Å². The first-order valence-corrected chi connectivity index (χ1v) is 8.00. The van der Waals surface area contributed by atoms with Gasteiger partial charge in [-0.1, -0.05) is 18.2 Å². The molecule has 0 aliphatic carbocycles. The number of hydrogen-bond acceptors (Lipinski definition) is 5.